The van der Waals surface area contributed by atoms with Crippen LogP contribution in [0.15, 0.2) is 24.3 Å². The van der Waals surface area contributed by atoms with E-state index < -0.39 is 5.41 Å². The Morgan fingerprint density at radius 2 is 2.10 bits per heavy atom. The van der Waals surface area contributed by atoms with Gasteiger partial charge in [-0.2, -0.15) is 0 Å². The molecule has 2 N–H and O–H groups in total. The quantitative estimate of drug-likeness (QED) is 0.841. The van der Waals surface area contributed by atoms with Crippen LogP contribution >= 0.6 is 0 Å². The molecule has 0 saturated carbocycles. The van der Waals surface area contributed by atoms with Crippen LogP contribution < -0.4 is 15.4 Å². The standard InChI is InChI=1S/C16H22N2O3/c1-11(2)16(3)10-14(19)18(15(16)20)12-5-4-6-13(9-12)21-8-7-17/h4-6,9,11H,7-8,10,17H2,1-3H3. The largest absolute Gasteiger partial charge is 0.492 e. The van der Waals surface area contributed by atoms with Gasteiger partial charge in [0, 0.05) is 19.0 Å². The van der Waals surface area contributed by atoms with E-state index in [1.165, 1.54) is 4.90 Å². The Hall–Kier alpha value is -1.88. The summed E-state index contributed by atoms with van der Waals surface area (Å²) in [5, 5.41) is 0. The third kappa shape index (κ3) is 2.78. The molecule has 1 aliphatic rings. The van der Waals surface area contributed by atoms with Crippen molar-refractivity contribution in [2.45, 2.75) is 27.2 Å². The molecule has 0 bridgehead atoms. The summed E-state index contributed by atoms with van der Waals surface area (Å²) in [6.45, 7) is 6.60. The van der Waals surface area contributed by atoms with E-state index in [9.17, 15) is 9.59 Å². The zero-order valence-electron chi connectivity index (χ0n) is 12.8. The van der Waals surface area contributed by atoms with Gasteiger partial charge in [0.05, 0.1) is 11.1 Å². The number of imide groups is 1. The van der Waals surface area contributed by atoms with Gasteiger partial charge < -0.3 is 10.5 Å². The van der Waals surface area contributed by atoms with Crippen molar-refractivity contribution in [2.75, 3.05) is 18.1 Å². The Labute approximate surface area is 125 Å². The van der Waals surface area contributed by atoms with Crippen molar-refractivity contribution < 1.29 is 14.3 Å². The van der Waals surface area contributed by atoms with Crippen molar-refractivity contribution >= 4 is 17.5 Å². The van der Waals surface area contributed by atoms with Crippen LogP contribution in [0.25, 0.3) is 0 Å². The topological polar surface area (TPSA) is 72.6 Å². The molecule has 21 heavy (non-hydrogen) atoms. The van der Waals surface area contributed by atoms with Crippen LogP contribution in [0.5, 0.6) is 5.75 Å². The first-order chi connectivity index (χ1) is 9.90. The average Bonchev–Trinajstić information content (AvgIpc) is 2.68. The van der Waals surface area contributed by atoms with Crippen molar-refractivity contribution in [3.05, 3.63) is 24.3 Å². The van der Waals surface area contributed by atoms with Crippen LogP contribution in [0.1, 0.15) is 27.2 Å². The predicted octanol–water partition coefficient (Wildman–Crippen LogP) is 1.95. The monoisotopic (exact) mass is 290 g/mol. The molecule has 0 aromatic heterocycles. The van der Waals surface area contributed by atoms with E-state index in [4.69, 9.17) is 10.5 Å². The number of hydrogen-bond donors (Lipinski definition) is 1. The molecule has 0 radical (unpaired) electrons. The van der Waals surface area contributed by atoms with Crippen molar-refractivity contribution in [1.29, 1.82) is 0 Å². The SMILES string of the molecule is CC(C)C1(C)CC(=O)N(c2cccc(OCCN)c2)C1=O. The molecule has 0 aliphatic carbocycles. The van der Waals surface area contributed by atoms with E-state index in [0.717, 1.165) is 0 Å². The molecule has 2 amide bonds. The van der Waals surface area contributed by atoms with E-state index in [-0.39, 0.29) is 24.2 Å². The van der Waals surface area contributed by atoms with Gasteiger partial charge in [-0.1, -0.05) is 19.9 Å². The molecule has 114 valence electrons. The summed E-state index contributed by atoms with van der Waals surface area (Å²) in [5.74, 6) is 0.415. The second-order valence-electron chi connectivity index (χ2n) is 5.92. The van der Waals surface area contributed by atoms with E-state index in [1.54, 1.807) is 24.3 Å². The summed E-state index contributed by atoms with van der Waals surface area (Å²) < 4.78 is 5.45. The lowest BCUT2D eigenvalue weighted by Crippen LogP contribution is -2.36. The number of nitrogens with two attached hydrogens (primary N) is 1. The maximum atomic E-state index is 12.6. The van der Waals surface area contributed by atoms with Gasteiger partial charge in [-0.25, -0.2) is 4.90 Å². The smallest absolute Gasteiger partial charge is 0.240 e. The molecular weight excluding hydrogens is 268 g/mol. The van der Waals surface area contributed by atoms with Crippen LogP contribution in [-0.4, -0.2) is 25.0 Å². The molecule has 1 unspecified atom stereocenters. The maximum Gasteiger partial charge on any atom is 0.240 e. The number of carbonyl (C=O) groups is 2. The lowest BCUT2D eigenvalue weighted by atomic mass is 9.78. The molecule has 1 aromatic rings. The first-order valence-electron chi connectivity index (χ1n) is 7.20. The highest BCUT2D eigenvalue weighted by Gasteiger charge is 2.50. The number of hydrogen-bond acceptors (Lipinski definition) is 4. The number of benzene rings is 1. The Balaban J connectivity index is 2.30. The van der Waals surface area contributed by atoms with Crippen molar-refractivity contribution in [2.24, 2.45) is 17.1 Å². The average molecular weight is 290 g/mol. The minimum absolute atomic E-state index is 0.107. The van der Waals surface area contributed by atoms with Crippen LogP contribution in [0, 0.1) is 11.3 Å². The fraction of sp³-hybridized carbons (Fsp3) is 0.500. The van der Waals surface area contributed by atoms with E-state index in [2.05, 4.69) is 0 Å². The summed E-state index contributed by atoms with van der Waals surface area (Å²) in [6.07, 6.45) is 0.247. The number of rotatable bonds is 5. The van der Waals surface area contributed by atoms with Crippen molar-refractivity contribution in [3.63, 3.8) is 0 Å². The van der Waals surface area contributed by atoms with E-state index in [0.29, 0.717) is 24.6 Å². The van der Waals surface area contributed by atoms with Gasteiger partial charge in [-0.05, 0) is 25.0 Å². The van der Waals surface area contributed by atoms with Crippen molar-refractivity contribution in [1.82, 2.24) is 0 Å². The first kappa shape index (κ1) is 15.5. The Morgan fingerprint density at radius 1 is 1.38 bits per heavy atom. The fourth-order valence-corrected chi connectivity index (χ4v) is 2.44. The van der Waals surface area contributed by atoms with E-state index >= 15 is 0 Å². The second kappa shape index (κ2) is 5.85. The minimum atomic E-state index is -0.634. The number of anilines is 1. The summed E-state index contributed by atoms with van der Waals surface area (Å²) in [5.41, 5.74) is 5.33. The maximum absolute atomic E-state index is 12.6. The number of nitrogens with zero attached hydrogens (tertiary/aromatic N) is 1. The summed E-state index contributed by atoms with van der Waals surface area (Å²) >= 11 is 0. The lowest BCUT2D eigenvalue weighted by Gasteiger charge is -2.26. The molecule has 1 heterocycles. The number of ether oxygens (including phenoxy) is 1. The Kier molecular flexibility index (Phi) is 4.32. The van der Waals surface area contributed by atoms with Gasteiger partial charge >= 0.3 is 0 Å². The highest BCUT2D eigenvalue weighted by atomic mass is 16.5. The Morgan fingerprint density at radius 3 is 2.67 bits per heavy atom. The van der Waals surface area contributed by atoms with E-state index in [1.807, 2.05) is 20.8 Å². The molecule has 5 heteroatoms. The van der Waals surface area contributed by atoms with Gasteiger partial charge in [-0.15, -0.1) is 0 Å². The fourth-order valence-electron chi connectivity index (χ4n) is 2.44. The van der Waals surface area contributed by atoms with Gasteiger partial charge in [0.15, 0.2) is 0 Å². The van der Waals surface area contributed by atoms with Crippen LogP contribution in [0.2, 0.25) is 0 Å². The van der Waals surface area contributed by atoms with Gasteiger partial charge in [0.1, 0.15) is 12.4 Å². The van der Waals surface area contributed by atoms with Gasteiger partial charge in [-0.3, -0.25) is 9.59 Å². The summed E-state index contributed by atoms with van der Waals surface area (Å²) in [4.78, 5) is 26.2. The van der Waals surface area contributed by atoms with Crippen LogP contribution in [0.4, 0.5) is 5.69 Å². The van der Waals surface area contributed by atoms with Crippen LogP contribution in [-0.2, 0) is 9.59 Å². The highest BCUT2D eigenvalue weighted by molar-refractivity contribution is 6.22. The third-order valence-corrected chi connectivity index (χ3v) is 4.20. The normalized spacial score (nSPS) is 22.2. The Bertz CT molecular complexity index is 556. The molecule has 2 rings (SSSR count). The minimum Gasteiger partial charge on any atom is -0.492 e. The second-order valence-corrected chi connectivity index (χ2v) is 5.92. The number of amides is 2. The number of carbonyl (C=O) groups excluding carboxylic acids is 2. The summed E-state index contributed by atoms with van der Waals surface area (Å²) in [7, 11) is 0. The lowest BCUT2D eigenvalue weighted by molar-refractivity contribution is -0.126. The molecule has 1 aromatic carbocycles. The first-order valence-corrected chi connectivity index (χ1v) is 7.20. The van der Waals surface area contributed by atoms with Gasteiger partial charge in [0.25, 0.3) is 0 Å². The molecule has 1 saturated heterocycles. The summed E-state index contributed by atoms with van der Waals surface area (Å²) in [6, 6.07) is 7.01. The molecule has 5 nitrogen and oxygen atoms in total. The van der Waals surface area contributed by atoms with Crippen molar-refractivity contribution in [3.8, 4) is 5.75 Å². The highest BCUT2D eigenvalue weighted by Crippen LogP contribution is 2.41. The zero-order chi connectivity index (χ0) is 15.6. The molecular formula is C16H22N2O3. The van der Waals surface area contributed by atoms with Crippen LogP contribution in [0.3, 0.4) is 0 Å². The predicted molar refractivity (Wildman–Crippen MR) is 81.0 cm³/mol. The third-order valence-electron chi connectivity index (χ3n) is 4.20. The molecule has 1 fully saturated rings. The molecule has 0 spiro atoms. The molecule has 1 aliphatic heterocycles. The van der Waals surface area contributed by atoms with Gasteiger partial charge in [0.2, 0.25) is 11.8 Å². The zero-order valence-corrected chi connectivity index (χ0v) is 12.8. The molecule has 1 atom stereocenters.